The van der Waals surface area contributed by atoms with Gasteiger partial charge >= 0.3 is 0 Å². The van der Waals surface area contributed by atoms with Crippen LogP contribution in [0.15, 0.2) is 77.3 Å². The van der Waals surface area contributed by atoms with Gasteiger partial charge in [0.15, 0.2) is 0 Å². The second-order valence-corrected chi connectivity index (χ2v) is 9.11. The number of likely N-dealkylation sites (tertiary alicyclic amines) is 1. The Hall–Kier alpha value is -2.89. The molecule has 1 unspecified atom stereocenters. The van der Waals surface area contributed by atoms with Crippen LogP contribution in [0, 0.1) is 6.92 Å². The van der Waals surface area contributed by atoms with Crippen LogP contribution in [-0.2, 0) is 4.79 Å². The molecule has 1 aromatic rings. The molecule has 34 heavy (non-hydrogen) atoms. The minimum absolute atomic E-state index is 0.0381. The molecule has 0 radical (unpaired) electrons. The summed E-state index contributed by atoms with van der Waals surface area (Å²) in [6.07, 6.45) is 11.0. The van der Waals surface area contributed by atoms with Gasteiger partial charge in [0.2, 0.25) is 0 Å². The number of amides is 1. The molecule has 2 aliphatic rings. The van der Waals surface area contributed by atoms with Crippen LogP contribution >= 0.6 is 0 Å². The van der Waals surface area contributed by atoms with Crippen LogP contribution in [0.3, 0.4) is 0 Å². The van der Waals surface area contributed by atoms with Crippen molar-refractivity contribution in [1.82, 2.24) is 9.80 Å². The lowest BCUT2D eigenvalue weighted by Crippen LogP contribution is -2.46. The quantitative estimate of drug-likeness (QED) is 0.585. The highest BCUT2D eigenvalue weighted by molar-refractivity contribution is 5.97. The molecule has 3 rings (SSSR count). The van der Waals surface area contributed by atoms with Crippen molar-refractivity contribution in [2.24, 2.45) is 11.5 Å². The van der Waals surface area contributed by atoms with Crippen LogP contribution in [0.5, 0.6) is 0 Å². The second-order valence-electron chi connectivity index (χ2n) is 9.11. The van der Waals surface area contributed by atoms with E-state index in [9.17, 15) is 4.79 Å². The van der Waals surface area contributed by atoms with E-state index in [1.54, 1.807) is 0 Å². The van der Waals surface area contributed by atoms with Gasteiger partial charge in [0, 0.05) is 42.3 Å². The average molecular weight is 463 g/mol. The summed E-state index contributed by atoms with van der Waals surface area (Å²) in [7, 11) is 0. The highest BCUT2D eigenvalue weighted by atomic mass is 16.2. The number of hydrogen-bond acceptors (Lipinski definition) is 4. The van der Waals surface area contributed by atoms with E-state index < -0.39 is 0 Å². The van der Waals surface area contributed by atoms with Gasteiger partial charge in [-0.15, -0.1) is 0 Å². The first-order chi connectivity index (χ1) is 16.2. The number of carbonyl (C=O) groups excluding carboxylic acids is 1. The summed E-state index contributed by atoms with van der Waals surface area (Å²) in [5, 5.41) is 0. The van der Waals surface area contributed by atoms with Gasteiger partial charge in [-0.3, -0.25) is 4.79 Å². The fraction of sp³-hybridized carbons (Fsp3) is 0.414. The highest BCUT2D eigenvalue weighted by Crippen LogP contribution is 2.27. The molecule has 0 spiro atoms. The average Bonchev–Trinajstić information content (AvgIpc) is 2.84. The van der Waals surface area contributed by atoms with Crippen LogP contribution in [-0.4, -0.2) is 41.4 Å². The molecule has 0 aliphatic carbocycles. The van der Waals surface area contributed by atoms with Gasteiger partial charge < -0.3 is 21.3 Å². The fourth-order valence-electron chi connectivity index (χ4n) is 3.94. The molecule has 4 N–H and O–H groups in total. The van der Waals surface area contributed by atoms with Crippen molar-refractivity contribution in [2.75, 3.05) is 19.6 Å². The maximum atomic E-state index is 12.9. The molecule has 1 atom stereocenters. The lowest BCUT2D eigenvalue weighted by molar-refractivity contribution is -0.127. The molecular formula is C29H42N4O. The number of allylic oxidation sites excluding steroid dienone is 4. The van der Waals surface area contributed by atoms with E-state index in [-0.39, 0.29) is 11.9 Å². The highest BCUT2D eigenvalue weighted by Gasteiger charge is 2.25. The van der Waals surface area contributed by atoms with Crippen LogP contribution in [0.1, 0.15) is 58.1 Å². The van der Waals surface area contributed by atoms with Crippen molar-refractivity contribution >= 4 is 12.0 Å². The van der Waals surface area contributed by atoms with Crippen LogP contribution in [0.25, 0.3) is 6.08 Å². The molecular weight excluding hydrogens is 420 g/mol. The molecule has 1 fully saturated rings. The summed E-state index contributed by atoms with van der Waals surface area (Å²) in [5.74, 6) is 0.0381. The maximum Gasteiger partial charge on any atom is 0.254 e. The molecule has 1 aromatic carbocycles. The van der Waals surface area contributed by atoms with Gasteiger partial charge in [-0.1, -0.05) is 43.8 Å². The third-order valence-corrected chi connectivity index (χ3v) is 6.37. The molecule has 5 nitrogen and oxygen atoms in total. The van der Waals surface area contributed by atoms with Crippen LogP contribution in [0.2, 0.25) is 0 Å². The lowest BCUT2D eigenvalue weighted by atomic mass is 10.0. The molecule has 0 bridgehead atoms. The molecule has 184 valence electrons. The van der Waals surface area contributed by atoms with E-state index >= 15 is 0 Å². The number of piperidine rings is 1. The molecule has 5 heteroatoms. The molecule has 0 aromatic heterocycles. The maximum absolute atomic E-state index is 12.9. The van der Waals surface area contributed by atoms with Crippen molar-refractivity contribution in [3.8, 4) is 0 Å². The summed E-state index contributed by atoms with van der Waals surface area (Å²) in [6, 6.07) is 8.45. The van der Waals surface area contributed by atoms with Crippen molar-refractivity contribution in [3.63, 3.8) is 0 Å². The number of rotatable bonds is 5. The fourth-order valence-corrected chi connectivity index (χ4v) is 3.94. The predicted octanol–water partition coefficient (Wildman–Crippen LogP) is 5.27. The zero-order valence-corrected chi connectivity index (χ0v) is 21.6. The molecule has 1 amide bonds. The minimum Gasteiger partial charge on any atom is -0.337 e. The normalized spacial score (nSPS) is 19.3. The summed E-state index contributed by atoms with van der Waals surface area (Å²) in [6.45, 7) is 16.9. The number of benzene rings is 1. The van der Waals surface area contributed by atoms with Crippen LogP contribution < -0.4 is 11.5 Å². The summed E-state index contributed by atoms with van der Waals surface area (Å²) in [4.78, 5) is 16.8. The second kappa shape index (κ2) is 13.1. The number of aryl methyl sites for hydroxylation is 1. The lowest BCUT2D eigenvalue weighted by Gasteiger charge is -2.32. The zero-order chi connectivity index (χ0) is 25.3. The third kappa shape index (κ3) is 7.31. The SMILES string of the molecule is C=C1C=C(C(=O)N2CCCC(N)C2)C=CN1/C(C)=C(C)/C(C)=C/c1ccccc1C.CCCN. The van der Waals surface area contributed by atoms with Crippen molar-refractivity contribution < 1.29 is 4.79 Å². The monoisotopic (exact) mass is 462 g/mol. The molecule has 2 aliphatic heterocycles. The third-order valence-electron chi connectivity index (χ3n) is 6.37. The van der Waals surface area contributed by atoms with Crippen molar-refractivity contribution in [3.05, 3.63) is 88.4 Å². The largest absolute Gasteiger partial charge is 0.337 e. The van der Waals surface area contributed by atoms with Gasteiger partial charge in [-0.2, -0.15) is 0 Å². The smallest absolute Gasteiger partial charge is 0.254 e. The first-order valence-corrected chi connectivity index (χ1v) is 12.2. The molecule has 0 saturated carbocycles. The standard InChI is InChI=1S/C26H33N3O.C3H9N/c1-18-9-6-7-10-23(18)15-19(2)21(4)22(5)29-14-12-24(16-20(29)3)26(30)28-13-8-11-25(27)17-28;1-2-3-4/h6-7,9-10,12,14-16,25H,3,8,11,13,17,27H2,1-2,4-5H3;2-4H2,1H3/b19-15+,22-21+;. The van der Waals surface area contributed by atoms with Gasteiger partial charge in [0.05, 0.1) is 0 Å². The Kier molecular flexibility index (Phi) is 10.6. The van der Waals surface area contributed by atoms with Crippen molar-refractivity contribution in [1.29, 1.82) is 0 Å². The van der Waals surface area contributed by atoms with Gasteiger partial charge in [0.25, 0.3) is 5.91 Å². The predicted molar refractivity (Wildman–Crippen MR) is 145 cm³/mol. The first-order valence-electron chi connectivity index (χ1n) is 12.2. The molecule has 2 heterocycles. The van der Waals surface area contributed by atoms with E-state index in [0.717, 1.165) is 43.7 Å². The Morgan fingerprint density at radius 2 is 1.91 bits per heavy atom. The Morgan fingerprint density at radius 1 is 1.24 bits per heavy atom. The van der Waals surface area contributed by atoms with Gasteiger partial charge in [0.1, 0.15) is 0 Å². The Balaban J connectivity index is 0.000000945. The van der Waals surface area contributed by atoms with E-state index in [2.05, 4.69) is 71.5 Å². The number of nitrogens with zero attached hydrogens (tertiary/aromatic N) is 2. The summed E-state index contributed by atoms with van der Waals surface area (Å²) >= 11 is 0. The Bertz CT molecular complexity index is 997. The van der Waals surface area contributed by atoms with E-state index in [0.29, 0.717) is 12.1 Å². The zero-order valence-electron chi connectivity index (χ0n) is 21.6. The van der Waals surface area contributed by atoms with Gasteiger partial charge in [-0.25, -0.2) is 0 Å². The Labute approximate surface area is 206 Å². The van der Waals surface area contributed by atoms with E-state index in [4.69, 9.17) is 11.5 Å². The van der Waals surface area contributed by atoms with Crippen molar-refractivity contribution in [2.45, 2.75) is 59.9 Å². The number of carbonyl (C=O) groups is 1. The number of hydrogen-bond donors (Lipinski definition) is 2. The number of nitrogens with two attached hydrogens (primary N) is 2. The Morgan fingerprint density at radius 3 is 2.50 bits per heavy atom. The van der Waals surface area contributed by atoms with E-state index in [1.807, 2.05) is 28.2 Å². The topological polar surface area (TPSA) is 75.6 Å². The van der Waals surface area contributed by atoms with E-state index in [1.165, 1.54) is 22.3 Å². The minimum atomic E-state index is 0.0381. The van der Waals surface area contributed by atoms with Crippen LogP contribution in [0.4, 0.5) is 0 Å². The summed E-state index contributed by atoms with van der Waals surface area (Å²) < 4.78 is 0. The summed E-state index contributed by atoms with van der Waals surface area (Å²) in [5.41, 5.74) is 18.5. The van der Waals surface area contributed by atoms with Gasteiger partial charge in [-0.05, 0) is 87.9 Å². The first kappa shape index (κ1) is 27.4. The molecule has 1 saturated heterocycles.